The number of hydrogen-bond acceptors (Lipinski definition) is 5. The molecule has 5 nitrogen and oxygen atoms in total. The van der Waals surface area contributed by atoms with Crippen molar-refractivity contribution in [2.75, 3.05) is 24.5 Å². The lowest BCUT2D eigenvalue weighted by atomic mass is 9.97. The van der Waals surface area contributed by atoms with E-state index in [-0.39, 0.29) is 0 Å². The van der Waals surface area contributed by atoms with Crippen LogP contribution < -0.4 is 10.2 Å². The van der Waals surface area contributed by atoms with Gasteiger partial charge in [-0.05, 0) is 31.4 Å². The number of nitrogens with one attached hydrogen (secondary N) is 1. The molecule has 1 saturated heterocycles. The first-order valence-corrected chi connectivity index (χ1v) is 6.91. The van der Waals surface area contributed by atoms with Crippen LogP contribution >= 0.6 is 0 Å². The molecule has 0 bridgehead atoms. The van der Waals surface area contributed by atoms with Crippen molar-refractivity contribution in [2.24, 2.45) is 5.92 Å². The van der Waals surface area contributed by atoms with Gasteiger partial charge < -0.3 is 10.2 Å². The summed E-state index contributed by atoms with van der Waals surface area (Å²) in [5.41, 5.74) is 0.618. The zero-order chi connectivity index (χ0) is 13.7. The SMILES string of the molecule is CC(C)NCC1CCCN(c2nnccc2C#N)C1. The number of piperidine rings is 1. The van der Waals surface area contributed by atoms with Gasteiger partial charge in [0.2, 0.25) is 0 Å². The van der Waals surface area contributed by atoms with Crippen LogP contribution in [0.2, 0.25) is 0 Å². The Morgan fingerprint density at radius 2 is 2.42 bits per heavy atom. The van der Waals surface area contributed by atoms with Crippen LogP contribution in [0.3, 0.4) is 0 Å². The van der Waals surface area contributed by atoms with E-state index in [1.165, 1.54) is 6.42 Å². The lowest BCUT2D eigenvalue weighted by Crippen LogP contribution is -2.41. The summed E-state index contributed by atoms with van der Waals surface area (Å²) in [5.74, 6) is 1.35. The fourth-order valence-electron chi connectivity index (χ4n) is 2.47. The smallest absolute Gasteiger partial charge is 0.169 e. The molecule has 1 unspecified atom stereocenters. The van der Waals surface area contributed by atoms with Crippen molar-refractivity contribution in [3.05, 3.63) is 17.8 Å². The third-order valence-corrected chi connectivity index (χ3v) is 3.45. The van der Waals surface area contributed by atoms with E-state index in [0.29, 0.717) is 17.5 Å². The van der Waals surface area contributed by atoms with Gasteiger partial charge in [0.15, 0.2) is 5.82 Å². The Morgan fingerprint density at radius 3 is 3.16 bits per heavy atom. The molecule has 2 rings (SSSR count). The fourth-order valence-corrected chi connectivity index (χ4v) is 2.47. The molecule has 2 heterocycles. The Kier molecular flexibility index (Phi) is 4.69. The van der Waals surface area contributed by atoms with Crippen molar-refractivity contribution in [1.82, 2.24) is 15.5 Å². The van der Waals surface area contributed by atoms with E-state index >= 15 is 0 Å². The van der Waals surface area contributed by atoms with Crippen molar-refractivity contribution >= 4 is 5.82 Å². The Hall–Kier alpha value is -1.67. The molecule has 1 aliphatic rings. The average Bonchev–Trinajstić information content (AvgIpc) is 2.45. The summed E-state index contributed by atoms with van der Waals surface area (Å²) in [5, 5.41) is 20.7. The standard InChI is InChI=1S/C14H21N5/c1-11(2)16-9-12-4-3-7-19(10-12)14-13(8-15)5-6-17-18-14/h5-6,11-12,16H,3-4,7,9-10H2,1-2H3. The molecule has 1 aliphatic heterocycles. The van der Waals surface area contributed by atoms with Gasteiger partial charge in [0, 0.05) is 19.1 Å². The summed E-state index contributed by atoms with van der Waals surface area (Å²) < 4.78 is 0. The number of hydrogen-bond donors (Lipinski definition) is 1. The van der Waals surface area contributed by atoms with E-state index in [1.807, 2.05) is 0 Å². The summed E-state index contributed by atoms with van der Waals surface area (Å²) in [6, 6.07) is 4.45. The first-order chi connectivity index (χ1) is 9.20. The molecule has 0 radical (unpaired) electrons. The number of nitrogens with zero attached hydrogens (tertiary/aromatic N) is 4. The molecule has 1 aromatic rings. The zero-order valence-electron chi connectivity index (χ0n) is 11.6. The van der Waals surface area contributed by atoms with Crippen molar-refractivity contribution in [1.29, 1.82) is 5.26 Å². The van der Waals surface area contributed by atoms with Crippen LogP contribution in [-0.4, -0.2) is 35.9 Å². The van der Waals surface area contributed by atoms with Gasteiger partial charge in [0.05, 0.1) is 11.8 Å². The Bertz CT molecular complexity index is 451. The highest BCUT2D eigenvalue weighted by atomic mass is 15.3. The van der Waals surface area contributed by atoms with Crippen LogP contribution in [0.1, 0.15) is 32.3 Å². The van der Waals surface area contributed by atoms with Crippen molar-refractivity contribution in [2.45, 2.75) is 32.7 Å². The fraction of sp³-hybridized carbons (Fsp3) is 0.643. The molecule has 0 aliphatic carbocycles. The van der Waals surface area contributed by atoms with E-state index in [2.05, 4.69) is 40.3 Å². The normalized spacial score (nSPS) is 19.5. The summed E-state index contributed by atoms with van der Waals surface area (Å²) >= 11 is 0. The van der Waals surface area contributed by atoms with Crippen LogP contribution in [0, 0.1) is 17.2 Å². The van der Waals surface area contributed by atoms with Crippen LogP contribution in [0.5, 0.6) is 0 Å². The van der Waals surface area contributed by atoms with Crippen LogP contribution in [0.15, 0.2) is 12.3 Å². The van der Waals surface area contributed by atoms with E-state index < -0.39 is 0 Å². The second-order valence-corrected chi connectivity index (χ2v) is 5.40. The van der Waals surface area contributed by atoms with Crippen molar-refractivity contribution in [3.8, 4) is 6.07 Å². The summed E-state index contributed by atoms with van der Waals surface area (Å²) in [4.78, 5) is 2.20. The molecule has 0 aromatic carbocycles. The molecule has 5 heteroatoms. The number of rotatable bonds is 4. The van der Waals surface area contributed by atoms with Gasteiger partial charge in [0.1, 0.15) is 6.07 Å². The highest BCUT2D eigenvalue weighted by Gasteiger charge is 2.22. The lowest BCUT2D eigenvalue weighted by molar-refractivity contribution is 0.377. The molecule has 0 amide bonds. The summed E-state index contributed by atoms with van der Waals surface area (Å²) in [7, 11) is 0. The van der Waals surface area contributed by atoms with E-state index in [0.717, 1.165) is 31.9 Å². The number of anilines is 1. The molecule has 1 atom stereocenters. The molecule has 102 valence electrons. The van der Waals surface area contributed by atoms with E-state index in [9.17, 15) is 0 Å². The van der Waals surface area contributed by atoms with Gasteiger partial charge in [-0.2, -0.15) is 10.4 Å². The van der Waals surface area contributed by atoms with Crippen LogP contribution in [0.4, 0.5) is 5.82 Å². The van der Waals surface area contributed by atoms with Crippen LogP contribution in [-0.2, 0) is 0 Å². The zero-order valence-corrected chi connectivity index (χ0v) is 11.6. The number of nitriles is 1. The highest BCUT2D eigenvalue weighted by molar-refractivity contribution is 5.52. The quantitative estimate of drug-likeness (QED) is 0.889. The first-order valence-electron chi connectivity index (χ1n) is 6.91. The third-order valence-electron chi connectivity index (χ3n) is 3.45. The maximum absolute atomic E-state index is 9.13. The van der Waals surface area contributed by atoms with E-state index in [1.54, 1.807) is 12.3 Å². The summed E-state index contributed by atoms with van der Waals surface area (Å²) in [6.07, 6.45) is 3.95. The minimum absolute atomic E-state index is 0.515. The second kappa shape index (κ2) is 6.48. The van der Waals surface area contributed by atoms with Gasteiger partial charge in [-0.15, -0.1) is 5.10 Å². The van der Waals surface area contributed by atoms with Crippen molar-refractivity contribution in [3.63, 3.8) is 0 Å². The first kappa shape index (κ1) is 13.8. The highest BCUT2D eigenvalue weighted by Crippen LogP contribution is 2.23. The Balaban J connectivity index is 2.03. The molecule has 19 heavy (non-hydrogen) atoms. The minimum atomic E-state index is 0.515. The van der Waals surface area contributed by atoms with Gasteiger partial charge in [-0.25, -0.2) is 0 Å². The maximum atomic E-state index is 9.13. The average molecular weight is 259 g/mol. The lowest BCUT2D eigenvalue weighted by Gasteiger charge is -2.34. The van der Waals surface area contributed by atoms with Gasteiger partial charge in [-0.3, -0.25) is 0 Å². The molecule has 0 spiro atoms. The molecular weight excluding hydrogens is 238 g/mol. The maximum Gasteiger partial charge on any atom is 0.169 e. The molecule has 1 aromatic heterocycles. The second-order valence-electron chi connectivity index (χ2n) is 5.40. The number of aromatic nitrogens is 2. The molecule has 1 fully saturated rings. The minimum Gasteiger partial charge on any atom is -0.354 e. The van der Waals surface area contributed by atoms with Gasteiger partial charge in [0.25, 0.3) is 0 Å². The molecule has 0 saturated carbocycles. The third kappa shape index (κ3) is 3.65. The Labute approximate surface area is 114 Å². The van der Waals surface area contributed by atoms with E-state index in [4.69, 9.17) is 5.26 Å². The predicted molar refractivity (Wildman–Crippen MR) is 74.8 cm³/mol. The predicted octanol–water partition coefficient (Wildman–Crippen LogP) is 1.56. The largest absolute Gasteiger partial charge is 0.354 e. The topological polar surface area (TPSA) is 64.8 Å². The monoisotopic (exact) mass is 259 g/mol. The Morgan fingerprint density at radius 1 is 1.58 bits per heavy atom. The van der Waals surface area contributed by atoms with Gasteiger partial charge >= 0.3 is 0 Å². The molecular formula is C14H21N5. The van der Waals surface area contributed by atoms with Crippen molar-refractivity contribution < 1.29 is 0 Å². The van der Waals surface area contributed by atoms with Gasteiger partial charge in [-0.1, -0.05) is 13.8 Å². The summed E-state index contributed by atoms with van der Waals surface area (Å²) in [6.45, 7) is 7.27. The van der Waals surface area contributed by atoms with Crippen LogP contribution in [0.25, 0.3) is 0 Å². The molecule has 1 N–H and O–H groups in total.